The van der Waals surface area contributed by atoms with Crippen LogP contribution in [0, 0.1) is 5.92 Å². The Morgan fingerprint density at radius 3 is 2.64 bits per heavy atom. The summed E-state index contributed by atoms with van der Waals surface area (Å²) in [7, 11) is 0. The maximum atomic E-state index is 11.9. The topological polar surface area (TPSA) is 71.3 Å². The first-order valence-electron chi connectivity index (χ1n) is 7.00. The van der Waals surface area contributed by atoms with Gasteiger partial charge in [-0.15, -0.1) is 0 Å². The molecule has 0 aliphatic heterocycles. The normalized spacial score (nSPS) is 19.5. The Kier molecular flexibility index (Phi) is 4.15. The van der Waals surface area contributed by atoms with Crippen molar-refractivity contribution in [3.8, 4) is 0 Å². The van der Waals surface area contributed by atoms with Gasteiger partial charge < -0.3 is 4.42 Å². The van der Waals surface area contributed by atoms with Crippen LogP contribution in [-0.4, -0.2) is 11.8 Å². The van der Waals surface area contributed by atoms with Gasteiger partial charge in [0.25, 0.3) is 0 Å². The first-order chi connectivity index (χ1) is 10.6. The molecule has 0 radical (unpaired) electrons. The van der Waals surface area contributed by atoms with Crippen molar-refractivity contribution >= 4 is 23.4 Å². The molecule has 0 bridgehead atoms. The zero-order valence-corrected chi connectivity index (χ0v) is 12.5. The molecule has 2 unspecified atom stereocenters. The maximum absolute atomic E-state index is 11.9. The van der Waals surface area contributed by atoms with Crippen molar-refractivity contribution in [1.82, 2.24) is 10.9 Å². The summed E-state index contributed by atoms with van der Waals surface area (Å²) in [5.41, 5.74) is 5.72. The molecule has 2 aromatic rings. The van der Waals surface area contributed by atoms with Crippen molar-refractivity contribution in [2.45, 2.75) is 18.8 Å². The van der Waals surface area contributed by atoms with Gasteiger partial charge in [-0.05, 0) is 36.2 Å². The summed E-state index contributed by atoms with van der Waals surface area (Å²) in [6.45, 7) is 0. The number of rotatable bonds is 4. The average molecular weight is 319 g/mol. The van der Waals surface area contributed by atoms with E-state index in [1.807, 2.05) is 6.07 Å². The fourth-order valence-electron chi connectivity index (χ4n) is 2.36. The van der Waals surface area contributed by atoms with Gasteiger partial charge in [-0.2, -0.15) is 0 Å². The van der Waals surface area contributed by atoms with Gasteiger partial charge in [-0.1, -0.05) is 23.7 Å². The second-order valence-corrected chi connectivity index (χ2v) is 5.74. The molecule has 1 aromatic carbocycles. The van der Waals surface area contributed by atoms with E-state index in [1.54, 1.807) is 36.6 Å². The molecule has 0 spiro atoms. The third kappa shape index (κ3) is 3.49. The molecular weight excluding hydrogens is 304 g/mol. The quantitative estimate of drug-likeness (QED) is 0.850. The lowest BCUT2D eigenvalue weighted by molar-refractivity contribution is -0.129. The van der Waals surface area contributed by atoms with E-state index in [1.165, 1.54) is 0 Å². The van der Waals surface area contributed by atoms with Crippen molar-refractivity contribution in [2.75, 3.05) is 0 Å². The number of carbonyl (C=O) groups excluding carboxylic acids is 2. The van der Waals surface area contributed by atoms with Gasteiger partial charge in [0, 0.05) is 10.9 Å². The Hall–Kier alpha value is -2.27. The van der Waals surface area contributed by atoms with Crippen LogP contribution in [0.2, 0.25) is 5.02 Å². The summed E-state index contributed by atoms with van der Waals surface area (Å²) in [6.07, 6.45) is 2.52. The minimum Gasteiger partial charge on any atom is -0.469 e. The van der Waals surface area contributed by atoms with E-state index in [-0.39, 0.29) is 30.1 Å². The number of amides is 2. The molecule has 1 fully saturated rings. The average Bonchev–Trinajstić information content (AvgIpc) is 3.13. The fourth-order valence-corrected chi connectivity index (χ4v) is 2.48. The maximum Gasteiger partial charge on any atom is 0.242 e. The summed E-state index contributed by atoms with van der Waals surface area (Å²) >= 11 is 5.78. The highest BCUT2D eigenvalue weighted by molar-refractivity contribution is 6.30. The van der Waals surface area contributed by atoms with Gasteiger partial charge in [0.2, 0.25) is 11.8 Å². The highest BCUT2D eigenvalue weighted by Gasteiger charge is 2.45. The minimum absolute atomic E-state index is 0.114. The number of hydrogen-bond acceptors (Lipinski definition) is 3. The lowest BCUT2D eigenvalue weighted by atomic mass is 10.1. The van der Waals surface area contributed by atoms with Crippen LogP contribution < -0.4 is 10.9 Å². The van der Waals surface area contributed by atoms with Gasteiger partial charge in [0.05, 0.1) is 18.6 Å². The van der Waals surface area contributed by atoms with Crippen molar-refractivity contribution in [1.29, 1.82) is 0 Å². The van der Waals surface area contributed by atoms with Gasteiger partial charge in [-0.3, -0.25) is 20.4 Å². The summed E-state index contributed by atoms with van der Waals surface area (Å²) in [6, 6.07) is 10.7. The van der Waals surface area contributed by atoms with E-state index in [2.05, 4.69) is 10.9 Å². The van der Waals surface area contributed by atoms with E-state index in [4.69, 9.17) is 16.0 Å². The van der Waals surface area contributed by atoms with Crippen molar-refractivity contribution < 1.29 is 14.0 Å². The molecular formula is C16H15ClN2O3. The number of benzene rings is 1. The number of carbonyl (C=O) groups is 2. The number of hydrazine groups is 1. The summed E-state index contributed by atoms with van der Waals surface area (Å²) in [5, 5.41) is 0.621. The molecule has 6 heteroatoms. The van der Waals surface area contributed by atoms with Crippen LogP contribution in [-0.2, 0) is 16.0 Å². The molecule has 3 rings (SSSR count). The largest absolute Gasteiger partial charge is 0.469 e. The molecule has 1 aromatic heterocycles. The predicted octanol–water partition coefficient (Wildman–Crippen LogP) is 2.43. The van der Waals surface area contributed by atoms with Crippen molar-refractivity contribution in [2.24, 2.45) is 5.92 Å². The van der Waals surface area contributed by atoms with Crippen LogP contribution in [0.5, 0.6) is 0 Å². The minimum atomic E-state index is -0.272. The Bertz CT molecular complexity index is 667. The molecule has 0 saturated heterocycles. The second kappa shape index (κ2) is 6.23. The van der Waals surface area contributed by atoms with E-state index >= 15 is 0 Å². The van der Waals surface area contributed by atoms with Crippen LogP contribution in [0.25, 0.3) is 0 Å². The molecule has 1 saturated carbocycles. The Labute approximate surface area is 132 Å². The van der Waals surface area contributed by atoms with Gasteiger partial charge in [0.1, 0.15) is 5.76 Å². The van der Waals surface area contributed by atoms with Crippen LogP contribution >= 0.6 is 11.6 Å². The number of furan rings is 1. The second-order valence-electron chi connectivity index (χ2n) is 5.30. The molecule has 2 amide bonds. The molecule has 1 aliphatic rings. The molecule has 1 heterocycles. The third-order valence-corrected chi connectivity index (χ3v) is 3.89. The Morgan fingerprint density at radius 2 is 1.95 bits per heavy atom. The predicted molar refractivity (Wildman–Crippen MR) is 81.0 cm³/mol. The fraction of sp³-hybridized carbons (Fsp3) is 0.250. The van der Waals surface area contributed by atoms with E-state index in [0.717, 1.165) is 17.7 Å². The van der Waals surface area contributed by atoms with E-state index < -0.39 is 0 Å². The lowest BCUT2D eigenvalue weighted by Gasteiger charge is -2.07. The Balaban J connectivity index is 1.43. The third-order valence-electron chi connectivity index (χ3n) is 3.64. The standard InChI is InChI=1S/C16H15ClN2O3/c17-11-5-3-10(4-6-11)8-15(20)18-19-16(21)13-9-12(13)14-2-1-7-22-14/h1-7,12-13H,8-9H2,(H,18,20)(H,19,21). The highest BCUT2D eigenvalue weighted by atomic mass is 35.5. The zero-order valence-electron chi connectivity index (χ0n) is 11.7. The monoisotopic (exact) mass is 318 g/mol. The molecule has 2 atom stereocenters. The van der Waals surface area contributed by atoms with Crippen molar-refractivity contribution in [3.05, 3.63) is 59.0 Å². The first-order valence-corrected chi connectivity index (χ1v) is 7.38. The van der Waals surface area contributed by atoms with E-state index in [0.29, 0.717) is 5.02 Å². The molecule has 114 valence electrons. The van der Waals surface area contributed by atoms with Gasteiger partial charge in [-0.25, -0.2) is 0 Å². The SMILES string of the molecule is O=C(Cc1ccc(Cl)cc1)NNC(=O)C1CC1c1ccco1. The molecule has 5 nitrogen and oxygen atoms in total. The van der Waals surface area contributed by atoms with Crippen molar-refractivity contribution in [3.63, 3.8) is 0 Å². The van der Waals surface area contributed by atoms with Crippen LogP contribution in [0.15, 0.2) is 47.1 Å². The molecule has 22 heavy (non-hydrogen) atoms. The van der Waals surface area contributed by atoms with Gasteiger partial charge in [0.15, 0.2) is 0 Å². The van der Waals surface area contributed by atoms with Crippen LogP contribution in [0.1, 0.15) is 23.7 Å². The number of nitrogens with one attached hydrogen (secondary N) is 2. The smallest absolute Gasteiger partial charge is 0.242 e. The number of hydrogen-bond donors (Lipinski definition) is 2. The molecule has 2 N–H and O–H groups in total. The van der Waals surface area contributed by atoms with E-state index in [9.17, 15) is 9.59 Å². The highest BCUT2D eigenvalue weighted by Crippen LogP contribution is 2.47. The summed E-state index contributed by atoms with van der Waals surface area (Å²) in [5.74, 6) is 0.328. The summed E-state index contributed by atoms with van der Waals surface area (Å²) in [4.78, 5) is 23.7. The summed E-state index contributed by atoms with van der Waals surface area (Å²) < 4.78 is 5.27. The zero-order chi connectivity index (χ0) is 15.5. The number of halogens is 1. The lowest BCUT2D eigenvalue weighted by Crippen LogP contribution is -2.43. The molecule has 1 aliphatic carbocycles. The Morgan fingerprint density at radius 1 is 1.18 bits per heavy atom. The first kappa shape index (κ1) is 14.7. The van der Waals surface area contributed by atoms with Gasteiger partial charge >= 0.3 is 0 Å². The van der Waals surface area contributed by atoms with Crippen LogP contribution in [0.4, 0.5) is 0 Å². The van der Waals surface area contributed by atoms with Crippen LogP contribution in [0.3, 0.4) is 0 Å².